The molecular formula is C10H19ClO3. The van der Waals surface area contributed by atoms with Crippen molar-refractivity contribution in [3.05, 3.63) is 0 Å². The van der Waals surface area contributed by atoms with E-state index in [2.05, 4.69) is 4.74 Å². The number of alkyl halides is 1. The molecule has 1 atom stereocenters. The van der Waals surface area contributed by atoms with Gasteiger partial charge in [0.05, 0.1) is 6.61 Å². The van der Waals surface area contributed by atoms with E-state index in [0.29, 0.717) is 6.61 Å². The molecule has 1 unspecified atom stereocenters. The Balaban J connectivity index is 0.000000280. The smallest absolute Gasteiger partial charge is 0.323 e. The van der Waals surface area contributed by atoms with Crippen molar-refractivity contribution in [2.45, 2.75) is 38.5 Å². The molecular weight excluding hydrogens is 204 g/mol. The summed E-state index contributed by atoms with van der Waals surface area (Å²) in [5.74, 6) is -0.335. The SMILES string of the molecule is C1CCOC1.CCCOC(=O)C(C)Cl. The van der Waals surface area contributed by atoms with Crippen LogP contribution in [0.2, 0.25) is 0 Å². The van der Waals surface area contributed by atoms with Crippen molar-refractivity contribution in [3.8, 4) is 0 Å². The maximum absolute atomic E-state index is 10.5. The highest BCUT2D eigenvalue weighted by molar-refractivity contribution is 6.29. The number of carbonyl (C=O) groups is 1. The summed E-state index contributed by atoms with van der Waals surface area (Å²) in [6.45, 7) is 6.00. The molecule has 1 heterocycles. The van der Waals surface area contributed by atoms with E-state index in [1.807, 2.05) is 6.92 Å². The van der Waals surface area contributed by atoms with Crippen LogP contribution in [0.25, 0.3) is 0 Å². The highest BCUT2D eigenvalue weighted by Gasteiger charge is 2.08. The van der Waals surface area contributed by atoms with Gasteiger partial charge in [0.2, 0.25) is 0 Å². The Morgan fingerprint density at radius 2 is 2.07 bits per heavy atom. The maximum atomic E-state index is 10.5. The van der Waals surface area contributed by atoms with Crippen molar-refractivity contribution in [1.29, 1.82) is 0 Å². The minimum absolute atomic E-state index is 0.335. The first-order valence-corrected chi connectivity index (χ1v) is 5.50. The molecule has 1 saturated heterocycles. The lowest BCUT2D eigenvalue weighted by molar-refractivity contribution is -0.142. The van der Waals surface area contributed by atoms with Gasteiger partial charge >= 0.3 is 5.97 Å². The Bertz CT molecular complexity index is 137. The van der Waals surface area contributed by atoms with Gasteiger partial charge in [-0.1, -0.05) is 6.92 Å². The van der Waals surface area contributed by atoms with Crippen molar-refractivity contribution >= 4 is 17.6 Å². The standard InChI is InChI=1S/C6H11ClO2.C4H8O/c1-3-4-9-6(8)5(2)7;1-2-4-5-3-1/h5H,3-4H2,1-2H3;1-4H2. The molecule has 1 aliphatic rings. The Hall–Kier alpha value is -0.280. The van der Waals surface area contributed by atoms with E-state index in [4.69, 9.17) is 16.3 Å². The molecule has 1 fully saturated rings. The van der Waals surface area contributed by atoms with E-state index < -0.39 is 5.38 Å². The first-order chi connectivity index (χ1) is 6.68. The summed E-state index contributed by atoms with van der Waals surface area (Å²) in [5, 5.41) is -0.517. The maximum Gasteiger partial charge on any atom is 0.323 e. The number of carbonyl (C=O) groups excluding carboxylic acids is 1. The van der Waals surface area contributed by atoms with E-state index in [1.54, 1.807) is 6.92 Å². The van der Waals surface area contributed by atoms with Crippen molar-refractivity contribution in [2.75, 3.05) is 19.8 Å². The third-order valence-corrected chi connectivity index (χ3v) is 1.78. The van der Waals surface area contributed by atoms with Crippen LogP contribution in [0.5, 0.6) is 0 Å². The molecule has 0 amide bonds. The van der Waals surface area contributed by atoms with Gasteiger partial charge in [-0.25, -0.2) is 0 Å². The predicted octanol–water partition coefficient (Wildman–Crippen LogP) is 2.36. The normalized spacial score (nSPS) is 16.8. The topological polar surface area (TPSA) is 35.5 Å². The van der Waals surface area contributed by atoms with E-state index in [1.165, 1.54) is 12.8 Å². The molecule has 3 nitrogen and oxygen atoms in total. The zero-order valence-corrected chi connectivity index (χ0v) is 9.68. The third-order valence-electron chi connectivity index (χ3n) is 1.60. The third kappa shape index (κ3) is 8.32. The quantitative estimate of drug-likeness (QED) is 0.543. The van der Waals surface area contributed by atoms with Crippen LogP contribution >= 0.6 is 11.6 Å². The van der Waals surface area contributed by atoms with Crippen LogP contribution in [0, 0.1) is 0 Å². The fourth-order valence-electron chi connectivity index (χ4n) is 0.828. The Morgan fingerprint density at radius 1 is 1.50 bits per heavy atom. The van der Waals surface area contributed by atoms with Crippen LogP contribution < -0.4 is 0 Å². The molecule has 0 aliphatic carbocycles. The highest BCUT2D eigenvalue weighted by Crippen LogP contribution is 1.98. The molecule has 0 bridgehead atoms. The summed E-state index contributed by atoms with van der Waals surface area (Å²) in [6.07, 6.45) is 3.40. The largest absolute Gasteiger partial charge is 0.465 e. The van der Waals surface area contributed by atoms with Crippen molar-refractivity contribution in [2.24, 2.45) is 0 Å². The van der Waals surface area contributed by atoms with Gasteiger partial charge in [-0.2, -0.15) is 0 Å². The Labute approximate surface area is 90.7 Å². The van der Waals surface area contributed by atoms with Gasteiger partial charge < -0.3 is 9.47 Å². The second-order valence-corrected chi connectivity index (χ2v) is 3.76. The first-order valence-electron chi connectivity index (χ1n) is 5.07. The van der Waals surface area contributed by atoms with Crippen molar-refractivity contribution in [1.82, 2.24) is 0 Å². The summed E-state index contributed by atoms with van der Waals surface area (Å²) in [7, 11) is 0. The lowest BCUT2D eigenvalue weighted by atomic mass is 10.4. The summed E-state index contributed by atoms with van der Waals surface area (Å²) in [5.41, 5.74) is 0. The van der Waals surface area contributed by atoms with Gasteiger partial charge in [0.15, 0.2) is 0 Å². The van der Waals surface area contributed by atoms with Gasteiger partial charge in [-0.05, 0) is 26.2 Å². The number of ether oxygens (including phenoxy) is 2. The lowest BCUT2D eigenvalue weighted by Gasteiger charge is -2.02. The Morgan fingerprint density at radius 3 is 2.36 bits per heavy atom. The number of rotatable bonds is 3. The van der Waals surface area contributed by atoms with Crippen LogP contribution in [0.15, 0.2) is 0 Å². The highest BCUT2D eigenvalue weighted by atomic mass is 35.5. The summed E-state index contributed by atoms with van der Waals surface area (Å²) in [6, 6.07) is 0. The first kappa shape index (κ1) is 13.7. The van der Waals surface area contributed by atoms with Crippen molar-refractivity contribution < 1.29 is 14.3 Å². The van der Waals surface area contributed by atoms with Gasteiger partial charge in [-0.3, -0.25) is 4.79 Å². The minimum atomic E-state index is -0.517. The van der Waals surface area contributed by atoms with E-state index in [-0.39, 0.29) is 5.97 Å². The second kappa shape index (κ2) is 9.28. The van der Waals surface area contributed by atoms with E-state index >= 15 is 0 Å². The number of hydrogen-bond donors (Lipinski definition) is 0. The molecule has 1 aliphatic heterocycles. The van der Waals surface area contributed by atoms with Gasteiger partial charge in [-0.15, -0.1) is 11.6 Å². The number of halogens is 1. The molecule has 0 N–H and O–H groups in total. The monoisotopic (exact) mass is 222 g/mol. The molecule has 0 saturated carbocycles. The molecule has 0 aromatic heterocycles. The van der Waals surface area contributed by atoms with Crippen LogP contribution in [0.4, 0.5) is 0 Å². The van der Waals surface area contributed by atoms with E-state index in [0.717, 1.165) is 19.6 Å². The van der Waals surface area contributed by atoms with Gasteiger partial charge in [0, 0.05) is 13.2 Å². The average molecular weight is 223 g/mol. The lowest BCUT2D eigenvalue weighted by Crippen LogP contribution is -2.14. The zero-order chi connectivity index (χ0) is 10.8. The van der Waals surface area contributed by atoms with E-state index in [9.17, 15) is 4.79 Å². The molecule has 0 aromatic rings. The molecule has 0 aromatic carbocycles. The summed E-state index contributed by atoms with van der Waals surface area (Å²) < 4.78 is 9.63. The van der Waals surface area contributed by atoms with Gasteiger partial charge in [0.1, 0.15) is 5.38 Å². The minimum Gasteiger partial charge on any atom is -0.465 e. The molecule has 14 heavy (non-hydrogen) atoms. The van der Waals surface area contributed by atoms with Crippen LogP contribution in [0.3, 0.4) is 0 Å². The summed E-state index contributed by atoms with van der Waals surface area (Å²) >= 11 is 5.39. The zero-order valence-electron chi connectivity index (χ0n) is 8.92. The molecule has 4 heteroatoms. The number of esters is 1. The average Bonchev–Trinajstić information content (AvgIpc) is 2.71. The fraction of sp³-hybridized carbons (Fsp3) is 0.900. The molecule has 1 rings (SSSR count). The van der Waals surface area contributed by atoms with Crippen LogP contribution in [0.1, 0.15) is 33.1 Å². The number of hydrogen-bond acceptors (Lipinski definition) is 3. The van der Waals surface area contributed by atoms with Crippen molar-refractivity contribution in [3.63, 3.8) is 0 Å². The van der Waals surface area contributed by atoms with Gasteiger partial charge in [0.25, 0.3) is 0 Å². The predicted molar refractivity (Wildman–Crippen MR) is 56.6 cm³/mol. The second-order valence-electron chi connectivity index (χ2n) is 3.10. The summed E-state index contributed by atoms with van der Waals surface area (Å²) in [4.78, 5) is 10.5. The molecule has 84 valence electrons. The Kier molecular flexibility index (Phi) is 9.10. The molecule has 0 radical (unpaired) electrons. The van der Waals surface area contributed by atoms with Crippen LogP contribution in [-0.2, 0) is 14.3 Å². The fourth-order valence-corrected chi connectivity index (χ4v) is 0.891. The van der Waals surface area contributed by atoms with Crippen LogP contribution in [-0.4, -0.2) is 31.2 Å². The molecule has 0 spiro atoms.